The van der Waals surface area contributed by atoms with Gasteiger partial charge in [0.25, 0.3) is 0 Å². The monoisotopic (exact) mass is 256 g/mol. The average molecular weight is 257 g/mol. The lowest BCUT2D eigenvalue weighted by molar-refractivity contribution is 0.266. The number of benzene rings is 1. The molecule has 0 saturated carbocycles. The van der Waals surface area contributed by atoms with Crippen LogP contribution >= 0.6 is 11.6 Å². The molecule has 4 heteroatoms. The van der Waals surface area contributed by atoms with E-state index in [1.54, 1.807) is 12.1 Å². The molecule has 94 valence electrons. The van der Waals surface area contributed by atoms with Crippen LogP contribution in [0, 0.1) is 5.82 Å². The van der Waals surface area contributed by atoms with Crippen molar-refractivity contribution in [2.75, 3.05) is 33.2 Å². The third kappa shape index (κ3) is 3.41. The van der Waals surface area contributed by atoms with Gasteiger partial charge < -0.3 is 4.90 Å². The van der Waals surface area contributed by atoms with Crippen LogP contribution in [0.2, 0.25) is 5.02 Å². The predicted molar refractivity (Wildman–Crippen MR) is 68.8 cm³/mol. The molecule has 0 aliphatic carbocycles. The van der Waals surface area contributed by atoms with Gasteiger partial charge in [0.2, 0.25) is 0 Å². The summed E-state index contributed by atoms with van der Waals surface area (Å²) in [5.74, 6) is -0.199. The Morgan fingerprint density at radius 2 is 2.06 bits per heavy atom. The molecule has 0 atom stereocenters. The van der Waals surface area contributed by atoms with Crippen LogP contribution in [0.15, 0.2) is 18.2 Å². The summed E-state index contributed by atoms with van der Waals surface area (Å²) < 4.78 is 13.7. The van der Waals surface area contributed by atoms with Gasteiger partial charge in [-0.25, -0.2) is 4.39 Å². The maximum absolute atomic E-state index is 13.7. The van der Waals surface area contributed by atoms with Crippen molar-refractivity contribution in [2.45, 2.75) is 13.0 Å². The lowest BCUT2D eigenvalue weighted by atomic mass is 10.2. The Balaban J connectivity index is 2.05. The van der Waals surface area contributed by atoms with E-state index >= 15 is 0 Å². The summed E-state index contributed by atoms with van der Waals surface area (Å²) in [4.78, 5) is 4.58. The number of halogens is 2. The van der Waals surface area contributed by atoms with Crippen LogP contribution in [0.4, 0.5) is 4.39 Å². The Bertz CT molecular complexity index is 363. The van der Waals surface area contributed by atoms with Crippen LogP contribution in [0.5, 0.6) is 0 Å². The molecule has 0 bridgehead atoms. The van der Waals surface area contributed by atoms with Crippen molar-refractivity contribution < 1.29 is 4.39 Å². The van der Waals surface area contributed by atoms with Crippen LogP contribution in [-0.4, -0.2) is 43.0 Å². The molecule has 0 unspecified atom stereocenters. The van der Waals surface area contributed by atoms with Gasteiger partial charge >= 0.3 is 0 Å². The molecule has 0 N–H and O–H groups in total. The van der Waals surface area contributed by atoms with Gasteiger partial charge in [-0.1, -0.05) is 17.7 Å². The van der Waals surface area contributed by atoms with Crippen molar-refractivity contribution in [1.82, 2.24) is 9.80 Å². The van der Waals surface area contributed by atoms with Gasteiger partial charge in [0.1, 0.15) is 5.82 Å². The van der Waals surface area contributed by atoms with Gasteiger partial charge in [0, 0.05) is 30.2 Å². The minimum Gasteiger partial charge on any atom is -0.305 e. The van der Waals surface area contributed by atoms with E-state index in [0.29, 0.717) is 17.1 Å². The summed E-state index contributed by atoms with van der Waals surface area (Å²) in [6.45, 7) is 4.74. The van der Waals surface area contributed by atoms with Gasteiger partial charge in [0.15, 0.2) is 0 Å². The van der Waals surface area contributed by atoms with E-state index in [4.69, 9.17) is 11.6 Å². The minimum atomic E-state index is -0.199. The Hall–Kier alpha value is -0.640. The Morgan fingerprint density at radius 1 is 1.24 bits per heavy atom. The summed E-state index contributed by atoms with van der Waals surface area (Å²) in [5.41, 5.74) is 0.624. The van der Waals surface area contributed by atoms with Crippen molar-refractivity contribution in [1.29, 1.82) is 0 Å². The zero-order chi connectivity index (χ0) is 12.3. The molecule has 1 aromatic carbocycles. The highest BCUT2D eigenvalue weighted by atomic mass is 35.5. The van der Waals surface area contributed by atoms with Gasteiger partial charge in [-0.15, -0.1) is 0 Å². The number of hydrogen-bond acceptors (Lipinski definition) is 2. The van der Waals surface area contributed by atoms with Crippen molar-refractivity contribution in [3.8, 4) is 0 Å². The summed E-state index contributed by atoms with van der Waals surface area (Å²) >= 11 is 6.04. The summed E-state index contributed by atoms with van der Waals surface area (Å²) in [6, 6.07) is 4.88. The lowest BCUT2D eigenvalue weighted by Gasteiger charge is -2.21. The first-order chi connectivity index (χ1) is 8.16. The van der Waals surface area contributed by atoms with Crippen LogP contribution in [0.25, 0.3) is 0 Å². The highest BCUT2D eigenvalue weighted by Gasteiger charge is 2.15. The van der Waals surface area contributed by atoms with Gasteiger partial charge in [-0.3, -0.25) is 4.90 Å². The second kappa shape index (κ2) is 5.80. The second-order valence-corrected chi connectivity index (χ2v) is 5.04. The number of hydrogen-bond donors (Lipinski definition) is 0. The third-order valence-corrected chi connectivity index (χ3v) is 3.61. The Labute approximate surface area is 107 Å². The molecule has 0 amide bonds. The molecule has 1 heterocycles. The summed E-state index contributed by atoms with van der Waals surface area (Å²) in [5, 5.41) is 0.530. The van der Waals surface area contributed by atoms with Crippen molar-refractivity contribution in [3.05, 3.63) is 34.6 Å². The van der Waals surface area contributed by atoms with E-state index in [1.165, 1.54) is 6.07 Å². The van der Waals surface area contributed by atoms with E-state index in [2.05, 4.69) is 16.8 Å². The first-order valence-electron chi connectivity index (χ1n) is 6.00. The predicted octanol–water partition coefficient (Wildman–Crippen LogP) is 2.62. The van der Waals surface area contributed by atoms with Crippen LogP contribution in [-0.2, 0) is 6.54 Å². The smallest absolute Gasteiger partial charge is 0.129 e. The topological polar surface area (TPSA) is 6.48 Å². The quantitative estimate of drug-likeness (QED) is 0.803. The van der Waals surface area contributed by atoms with E-state index in [1.807, 2.05) is 0 Å². The lowest BCUT2D eigenvalue weighted by Crippen LogP contribution is -2.29. The van der Waals surface area contributed by atoms with E-state index in [9.17, 15) is 4.39 Å². The van der Waals surface area contributed by atoms with Crippen molar-refractivity contribution in [3.63, 3.8) is 0 Å². The molecule has 17 heavy (non-hydrogen) atoms. The van der Waals surface area contributed by atoms with Crippen LogP contribution < -0.4 is 0 Å². The molecule has 1 saturated heterocycles. The van der Waals surface area contributed by atoms with Gasteiger partial charge in [0.05, 0.1) is 0 Å². The molecule has 2 nitrogen and oxygen atoms in total. The highest BCUT2D eigenvalue weighted by Crippen LogP contribution is 2.21. The molecule has 1 fully saturated rings. The molecule has 2 rings (SSSR count). The minimum absolute atomic E-state index is 0.199. The zero-order valence-electron chi connectivity index (χ0n) is 10.1. The fourth-order valence-corrected chi connectivity index (χ4v) is 2.39. The first kappa shape index (κ1) is 12.8. The fourth-order valence-electron chi connectivity index (χ4n) is 2.17. The SMILES string of the molecule is CN1CCCN(Cc2c(F)cccc2Cl)CC1. The zero-order valence-corrected chi connectivity index (χ0v) is 10.9. The maximum Gasteiger partial charge on any atom is 0.129 e. The van der Waals surface area contributed by atoms with E-state index in [-0.39, 0.29) is 5.82 Å². The molecule has 1 aliphatic rings. The largest absolute Gasteiger partial charge is 0.305 e. The molecule has 0 radical (unpaired) electrons. The normalized spacial score (nSPS) is 19.2. The third-order valence-electron chi connectivity index (χ3n) is 3.26. The first-order valence-corrected chi connectivity index (χ1v) is 6.38. The Morgan fingerprint density at radius 3 is 2.82 bits per heavy atom. The molecule has 0 aromatic heterocycles. The number of rotatable bonds is 2. The highest BCUT2D eigenvalue weighted by molar-refractivity contribution is 6.31. The molecular weight excluding hydrogens is 239 g/mol. The van der Waals surface area contributed by atoms with E-state index < -0.39 is 0 Å². The average Bonchev–Trinajstić information content (AvgIpc) is 2.49. The second-order valence-electron chi connectivity index (χ2n) is 4.63. The summed E-state index contributed by atoms with van der Waals surface area (Å²) in [6.07, 6.45) is 1.13. The maximum atomic E-state index is 13.7. The molecular formula is C13H18ClFN2. The van der Waals surface area contributed by atoms with E-state index in [0.717, 1.165) is 32.6 Å². The number of nitrogens with zero attached hydrogens (tertiary/aromatic N) is 2. The van der Waals surface area contributed by atoms with Gasteiger partial charge in [-0.05, 0) is 38.7 Å². The van der Waals surface area contributed by atoms with Gasteiger partial charge in [-0.2, -0.15) is 0 Å². The summed E-state index contributed by atoms with van der Waals surface area (Å²) in [7, 11) is 2.12. The number of likely N-dealkylation sites (N-methyl/N-ethyl adjacent to an activating group) is 1. The fraction of sp³-hybridized carbons (Fsp3) is 0.538. The standard InChI is InChI=1S/C13H18ClFN2/c1-16-6-3-7-17(9-8-16)10-11-12(14)4-2-5-13(11)15/h2,4-5H,3,6-10H2,1H3. The van der Waals surface area contributed by atoms with Crippen LogP contribution in [0.3, 0.4) is 0 Å². The van der Waals surface area contributed by atoms with Crippen LogP contribution in [0.1, 0.15) is 12.0 Å². The molecule has 1 aromatic rings. The van der Waals surface area contributed by atoms with Crippen molar-refractivity contribution in [2.24, 2.45) is 0 Å². The van der Waals surface area contributed by atoms with Crippen molar-refractivity contribution >= 4 is 11.6 Å². The Kier molecular flexibility index (Phi) is 4.37. The molecule has 0 spiro atoms. The molecule has 1 aliphatic heterocycles.